The van der Waals surface area contributed by atoms with Gasteiger partial charge in [-0.3, -0.25) is 4.79 Å². The number of hydrogen-bond donors (Lipinski definition) is 1. The van der Waals surface area contributed by atoms with Crippen LogP contribution in [0.3, 0.4) is 0 Å². The van der Waals surface area contributed by atoms with Crippen LogP contribution in [0.25, 0.3) is 5.69 Å². The molecule has 0 amide bonds. The molecule has 1 heterocycles. The first-order valence-corrected chi connectivity index (χ1v) is 5.93. The molecular weight excluding hydrogens is 248 g/mol. The van der Waals surface area contributed by atoms with E-state index in [1.807, 2.05) is 31.2 Å². The maximum atomic E-state index is 10.6. The topological polar surface area (TPSA) is 90.1 Å². The minimum absolute atomic E-state index is 0.00258. The van der Waals surface area contributed by atoms with Gasteiger partial charge in [0.05, 0.1) is 18.7 Å². The Morgan fingerprint density at radius 2 is 2.11 bits per heavy atom. The lowest BCUT2D eigenvalue weighted by molar-refractivity contribution is -0.137. The van der Waals surface area contributed by atoms with Gasteiger partial charge in [-0.1, -0.05) is 0 Å². The number of benzene rings is 1. The summed E-state index contributed by atoms with van der Waals surface area (Å²) in [6, 6.07) is 7.29. The van der Waals surface area contributed by atoms with E-state index in [-0.39, 0.29) is 12.8 Å². The third kappa shape index (κ3) is 3.27. The van der Waals surface area contributed by atoms with Crippen LogP contribution >= 0.6 is 0 Å². The molecule has 100 valence electrons. The molecule has 7 nitrogen and oxygen atoms in total. The van der Waals surface area contributed by atoms with Crippen molar-refractivity contribution in [2.75, 3.05) is 6.61 Å². The average Bonchev–Trinajstić information content (AvgIpc) is 2.86. The first-order chi connectivity index (χ1) is 9.20. The number of aliphatic carboxylic acids is 1. The van der Waals surface area contributed by atoms with Crippen molar-refractivity contribution in [3.05, 3.63) is 30.1 Å². The van der Waals surface area contributed by atoms with E-state index in [4.69, 9.17) is 9.84 Å². The number of aromatic nitrogens is 4. The molecule has 0 saturated carbocycles. The second kappa shape index (κ2) is 5.94. The smallest absolute Gasteiger partial charge is 0.303 e. The summed E-state index contributed by atoms with van der Waals surface area (Å²) >= 11 is 0. The number of ether oxygens (including phenoxy) is 1. The second-order valence-electron chi connectivity index (χ2n) is 3.83. The molecule has 0 unspecified atom stereocenters. The van der Waals surface area contributed by atoms with E-state index < -0.39 is 5.97 Å². The van der Waals surface area contributed by atoms with Crippen molar-refractivity contribution in [3.8, 4) is 11.4 Å². The van der Waals surface area contributed by atoms with Gasteiger partial charge in [0.1, 0.15) is 5.75 Å². The van der Waals surface area contributed by atoms with Crippen LogP contribution in [0.5, 0.6) is 5.75 Å². The van der Waals surface area contributed by atoms with E-state index >= 15 is 0 Å². The van der Waals surface area contributed by atoms with Gasteiger partial charge in [0.2, 0.25) is 0 Å². The largest absolute Gasteiger partial charge is 0.494 e. The quantitative estimate of drug-likeness (QED) is 0.837. The molecule has 2 rings (SSSR count). The number of carbonyl (C=O) groups is 1. The van der Waals surface area contributed by atoms with Crippen molar-refractivity contribution < 1.29 is 14.6 Å². The Morgan fingerprint density at radius 1 is 1.37 bits per heavy atom. The van der Waals surface area contributed by atoms with Crippen LogP contribution in [0.1, 0.15) is 19.2 Å². The predicted octanol–water partition coefficient (Wildman–Crippen LogP) is 1.08. The normalized spacial score (nSPS) is 10.4. The number of nitrogens with zero attached hydrogens (tertiary/aromatic N) is 4. The summed E-state index contributed by atoms with van der Waals surface area (Å²) in [6.07, 6.45) is 0.285. The summed E-state index contributed by atoms with van der Waals surface area (Å²) in [5.74, 6) is 0.416. The number of tetrazole rings is 1. The molecule has 0 atom stereocenters. The molecule has 0 fully saturated rings. The Morgan fingerprint density at radius 3 is 2.74 bits per heavy atom. The van der Waals surface area contributed by atoms with Crippen LogP contribution in [0.4, 0.5) is 0 Å². The number of hydrogen-bond acceptors (Lipinski definition) is 5. The predicted molar refractivity (Wildman–Crippen MR) is 66.3 cm³/mol. The third-order valence-electron chi connectivity index (χ3n) is 2.49. The summed E-state index contributed by atoms with van der Waals surface area (Å²) < 4.78 is 6.88. The average molecular weight is 262 g/mol. The Labute approximate surface area is 109 Å². The fourth-order valence-corrected chi connectivity index (χ4v) is 1.63. The minimum atomic E-state index is -0.874. The lowest BCUT2D eigenvalue weighted by atomic mass is 10.2. The van der Waals surface area contributed by atoms with Gasteiger partial charge < -0.3 is 9.84 Å². The molecule has 0 saturated heterocycles. The molecule has 0 bridgehead atoms. The molecule has 1 aromatic carbocycles. The van der Waals surface area contributed by atoms with Crippen LogP contribution in [0.15, 0.2) is 24.3 Å². The van der Waals surface area contributed by atoms with E-state index in [1.54, 1.807) is 0 Å². The van der Waals surface area contributed by atoms with Gasteiger partial charge in [-0.15, -0.1) is 5.10 Å². The Hall–Kier alpha value is -2.44. The molecule has 0 spiro atoms. The van der Waals surface area contributed by atoms with Gasteiger partial charge in [0, 0.05) is 6.42 Å². The summed E-state index contributed by atoms with van der Waals surface area (Å²) in [5, 5.41) is 19.9. The molecule has 0 radical (unpaired) electrons. The standard InChI is InChI=1S/C12H14N4O3/c1-2-19-10-5-3-9(4-6-10)16-11(13-14-15-16)7-8-12(17)18/h3-6H,2,7-8H2,1H3,(H,17,18). The van der Waals surface area contributed by atoms with Crippen LogP contribution in [-0.4, -0.2) is 37.9 Å². The molecule has 0 aliphatic carbocycles. The molecule has 0 aliphatic rings. The lowest BCUT2D eigenvalue weighted by Crippen LogP contribution is -2.06. The number of carboxylic acid groups (broad SMARTS) is 1. The van der Waals surface area contributed by atoms with E-state index in [9.17, 15) is 4.79 Å². The summed E-state index contributed by atoms with van der Waals surface area (Å²) in [7, 11) is 0. The second-order valence-corrected chi connectivity index (χ2v) is 3.83. The SMILES string of the molecule is CCOc1ccc(-n2nnnc2CCC(=O)O)cc1. The fourth-order valence-electron chi connectivity index (χ4n) is 1.63. The van der Waals surface area contributed by atoms with Gasteiger partial charge in [-0.25, -0.2) is 0 Å². The molecule has 7 heteroatoms. The number of carboxylic acids is 1. The molecule has 2 aromatic rings. The highest BCUT2D eigenvalue weighted by atomic mass is 16.5. The Bertz CT molecular complexity index is 550. The molecule has 1 aromatic heterocycles. The van der Waals surface area contributed by atoms with Gasteiger partial charge >= 0.3 is 5.97 Å². The fraction of sp³-hybridized carbons (Fsp3) is 0.333. The summed E-state index contributed by atoms with van der Waals surface area (Å²) in [5.41, 5.74) is 0.772. The zero-order valence-corrected chi connectivity index (χ0v) is 10.5. The van der Waals surface area contributed by atoms with Crippen LogP contribution < -0.4 is 4.74 Å². The molecular formula is C12H14N4O3. The third-order valence-corrected chi connectivity index (χ3v) is 2.49. The zero-order chi connectivity index (χ0) is 13.7. The summed E-state index contributed by atoms with van der Waals surface area (Å²) in [6.45, 7) is 2.52. The van der Waals surface area contributed by atoms with Crippen LogP contribution in [0, 0.1) is 0 Å². The highest BCUT2D eigenvalue weighted by molar-refractivity contribution is 5.66. The monoisotopic (exact) mass is 262 g/mol. The van der Waals surface area contributed by atoms with Crippen molar-refractivity contribution in [1.29, 1.82) is 0 Å². The van der Waals surface area contributed by atoms with Gasteiger partial charge in [0.25, 0.3) is 0 Å². The van der Waals surface area contributed by atoms with Crippen molar-refractivity contribution >= 4 is 5.97 Å². The van der Waals surface area contributed by atoms with Gasteiger partial charge in [-0.05, 0) is 41.6 Å². The van der Waals surface area contributed by atoms with Crippen molar-refractivity contribution in [3.63, 3.8) is 0 Å². The van der Waals surface area contributed by atoms with E-state index in [1.165, 1.54) is 4.68 Å². The van der Waals surface area contributed by atoms with Crippen molar-refractivity contribution in [2.45, 2.75) is 19.8 Å². The number of aryl methyl sites for hydroxylation is 1. The van der Waals surface area contributed by atoms with E-state index in [2.05, 4.69) is 15.5 Å². The number of rotatable bonds is 6. The maximum absolute atomic E-state index is 10.6. The van der Waals surface area contributed by atoms with Gasteiger partial charge in [-0.2, -0.15) is 4.68 Å². The minimum Gasteiger partial charge on any atom is -0.494 e. The van der Waals surface area contributed by atoms with Gasteiger partial charge in [0.15, 0.2) is 5.82 Å². The van der Waals surface area contributed by atoms with Crippen LogP contribution in [0.2, 0.25) is 0 Å². The zero-order valence-electron chi connectivity index (χ0n) is 10.5. The van der Waals surface area contributed by atoms with E-state index in [0.717, 1.165) is 11.4 Å². The first kappa shape index (κ1) is 13.0. The molecule has 0 aliphatic heterocycles. The molecule has 19 heavy (non-hydrogen) atoms. The Kier molecular flexibility index (Phi) is 4.07. The van der Waals surface area contributed by atoms with Crippen LogP contribution in [-0.2, 0) is 11.2 Å². The van der Waals surface area contributed by atoms with E-state index in [0.29, 0.717) is 12.4 Å². The van der Waals surface area contributed by atoms with Crippen molar-refractivity contribution in [2.24, 2.45) is 0 Å². The maximum Gasteiger partial charge on any atom is 0.303 e. The lowest BCUT2D eigenvalue weighted by Gasteiger charge is -2.06. The molecule has 1 N–H and O–H groups in total. The highest BCUT2D eigenvalue weighted by Crippen LogP contribution is 2.15. The summed E-state index contributed by atoms with van der Waals surface area (Å²) in [4.78, 5) is 10.6. The first-order valence-electron chi connectivity index (χ1n) is 5.93. The Balaban J connectivity index is 2.17. The highest BCUT2D eigenvalue weighted by Gasteiger charge is 2.10. The van der Waals surface area contributed by atoms with Crippen molar-refractivity contribution in [1.82, 2.24) is 20.2 Å².